The van der Waals surface area contributed by atoms with Gasteiger partial charge in [0.05, 0.1) is 19.4 Å². The minimum Gasteiger partial charge on any atom is -0.494 e. The molecule has 0 amide bonds. The van der Waals surface area contributed by atoms with Crippen LogP contribution in [-0.2, 0) is 26.1 Å². The van der Waals surface area contributed by atoms with Crippen molar-refractivity contribution in [3.05, 3.63) is 106 Å². The lowest BCUT2D eigenvalue weighted by Crippen LogP contribution is -2.30. The van der Waals surface area contributed by atoms with E-state index < -0.39 is 0 Å². The highest BCUT2D eigenvalue weighted by molar-refractivity contribution is 5.80. The summed E-state index contributed by atoms with van der Waals surface area (Å²) in [6.07, 6.45) is 2.47. The van der Waals surface area contributed by atoms with Gasteiger partial charge in [0.1, 0.15) is 18.1 Å². The number of nitrogens with one attached hydrogen (secondary N) is 1. The zero-order chi connectivity index (χ0) is 24.7. The molecule has 0 unspecified atom stereocenters. The second kappa shape index (κ2) is 11.0. The van der Waals surface area contributed by atoms with Gasteiger partial charge >= 0.3 is 0 Å². The number of hydrogen-bond donors (Lipinski definition) is 1. The average Bonchev–Trinajstić information content (AvgIpc) is 3.56. The van der Waals surface area contributed by atoms with Gasteiger partial charge in [0.25, 0.3) is 5.56 Å². The zero-order valence-corrected chi connectivity index (χ0v) is 20.1. The van der Waals surface area contributed by atoms with Gasteiger partial charge in [0, 0.05) is 29.6 Å². The maximum atomic E-state index is 13.0. The van der Waals surface area contributed by atoms with E-state index in [0.717, 1.165) is 35.4 Å². The first-order valence-electron chi connectivity index (χ1n) is 12.0. The number of tetrazole rings is 1. The van der Waals surface area contributed by atoms with Crippen LogP contribution in [0, 0.1) is 0 Å². The third kappa shape index (κ3) is 5.69. The van der Waals surface area contributed by atoms with Gasteiger partial charge in [-0.2, -0.15) is 0 Å². The van der Waals surface area contributed by atoms with Crippen LogP contribution in [0.4, 0.5) is 0 Å². The second-order valence-corrected chi connectivity index (χ2v) is 8.58. The lowest BCUT2D eigenvalue weighted by molar-refractivity contribution is 0.247. The molecule has 0 aliphatic heterocycles. The number of H-pyrrole nitrogens is 1. The van der Waals surface area contributed by atoms with Gasteiger partial charge in [-0.25, -0.2) is 4.68 Å². The summed E-state index contributed by atoms with van der Waals surface area (Å²) in [7, 11) is 0. The van der Waals surface area contributed by atoms with Crippen LogP contribution in [0.25, 0.3) is 10.9 Å². The van der Waals surface area contributed by atoms with Crippen molar-refractivity contribution in [3.8, 4) is 5.75 Å². The molecule has 5 rings (SSSR count). The molecule has 0 aliphatic rings. The van der Waals surface area contributed by atoms with Gasteiger partial charge in [-0.05, 0) is 65.7 Å². The van der Waals surface area contributed by atoms with Gasteiger partial charge in [-0.15, -0.1) is 5.10 Å². The Kier molecular flexibility index (Phi) is 7.18. The van der Waals surface area contributed by atoms with Crippen molar-refractivity contribution in [2.75, 3.05) is 13.2 Å². The molecule has 3 heterocycles. The summed E-state index contributed by atoms with van der Waals surface area (Å²) in [4.78, 5) is 18.2. The number of aromatic amines is 1. The van der Waals surface area contributed by atoms with Crippen molar-refractivity contribution in [1.29, 1.82) is 0 Å². The second-order valence-electron chi connectivity index (χ2n) is 8.58. The Morgan fingerprint density at radius 1 is 1.06 bits per heavy atom. The summed E-state index contributed by atoms with van der Waals surface area (Å²) in [5, 5.41) is 13.2. The molecule has 9 heteroatoms. The van der Waals surface area contributed by atoms with E-state index in [-0.39, 0.29) is 5.56 Å². The minimum absolute atomic E-state index is 0.105. The highest BCUT2D eigenvalue weighted by Gasteiger charge is 2.16. The smallest absolute Gasteiger partial charge is 0.252 e. The lowest BCUT2D eigenvalue weighted by atomic mass is 10.1. The average molecular weight is 485 g/mol. The Balaban J connectivity index is 1.41. The fraction of sp³-hybridized carbons (Fsp3) is 0.259. The van der Waals surface area contributed by atoms with Crippen LogP contribution in [0.2, 0.25) is 0 Å². The molecule has 0 fully saturated rings. The molecular formula is C27H28N6O3. The standard InChI is InChI=1S/C27H28N6O3/c1-2-35-23-10-11-25-21(16-23)15-22(27(34)28-25)17-32(13-12-20-7-4-3-5-8-20)19-26-29-30-31-33(26)18-24-9-6-14-36-24/h3-11,14-16H,2,12-13,17-19H2,1H3,(H,28,34). The Bertz CT molecular complexity index is 1460. The van der Waals surface area contributed by atoms with Crippen molar-refractivity contribution in [2.45, 2.75) is 33.0 Å². The normalized spacial score (nSPS) is 11.4. The van der Waals surface area contributed by atoms with E-state index in [9.17, 15) is 4.79 Å². The van der Waals surface area contributed by atoms with Crippen molar-refractivity contribution >= 4 is 10.9 Å². The molecule has 0 spiro atoms. The SMILES string of the molecule is CCOc1ccc2[nH]c(=O)c(CN(CCc3ccccc3)Cc3nnnn3Cc3ccco3)cc2c1. The van der Waals surface area contributed by atoms with Crippen molar-refractivity contribution in [1.82, 2.24) is 30.1 Å². The first-order chi connectivity index (χ1) is 17.7. The minimum atomic E-state index is -0.105. The molecule has 1 N–H and O–H groups in total. The molecule has 9 nitrogen and oxygen atoms in total. The van der Waals surface area contributed by atoms with Crippen molar-refractivity contribution in [3.63, 3.8) is 0 Å². The number of fused-ring (bicyclic) bond motifs is 1. The summed E-state index contributed by atoms with van der Waals surface area (Å²) in [5.74, 6) is 2.26. The Morgan fingerprint density at radius 3 is 2.75 bits per heavy atom. The molecule has 2 aromatic carbocycles. The predicted octanol–water partition coefficient (Wildman–Crippen LogP) is 3.80. The van der Waals surface area contributed by atoms with Crippen LogP contribution >= 0.6 is 0 Å². The van der Waals surface area contributed by atoms with Gasteiger partial charge in [0.15, 0.2) is 5.82 Å². The predicted molar refractivity (Wildman–Crippen MR) is 136 cm³/mol. The molecular weight excluding hydrogens is 456 g/mol. The van der Waals surface area contributed by atoms with Gasteiger partial charge in [-0.1, -0.05) is 30.3 Å². The van der Waals surface area contributed by atoms with Crippen LogP contribution in [0.1, 0.15) is 29.6 Å². The van der Waals surface area contributed by atoms with Gasteiger partial charge < -0.3 is 14.1 Å². The third-order valence-electron chi connectivity index (χ3n) is 6.01. The Hall–Kier alpha value is -4.24. The van der Waals surface area contributed by atoms with Crippen LogP contribution in [0.3, 0.4) is 0 Å². The lowest BCUT2D eigenvalue weighted by Gasteiger charge is -2.22. The van der Waals surface area contributed by atoms with Crippen LogP contribution in [0.5, 0.6) is 5.75 Å². The molecule has 0 radical (unpaired) electrons. The topological polar surface area (TPSA) is 102 Å². The Labute approximate surface area is 208 Å². The number of rotatable bonds is 11. The molecule has 0 saturated heterocycles. The summed E-state index contributed by atoms with van der Waals surface area (Å²) >= 11 is 0. The van der Waals surface area contributed by atoms with E-state index in [2.05, 4.69) is 37.5 Å². The summed E-state index contributed by atoms with van der Waals surface area (Å²) in [5.41, 5.74) is 2.58. The van der Waals surface area contributed by atoms with E-state index in [1.54, 1.807) is 10.9 Å². The first-order valence-corrected chi connectivity index (χ1v) is 12.0. The maximum Gasteiger partial charge on any atom is 0.252 e. The largest absolute Gasteiger partial charge is 0.494 e. The number of ether oxygens (including phenoxy) is 1. The number of benzene rings is 2. The highest BCUT2D eigenvalue weighted by Crippen LogP contribution is 2.20. The number of nitrogens with zero attached hydrogens (tertiary/aromatic N) is 5. The molecule has 36 heavy (non-hydrogen) atoms. The number of pyridine rings is 1. The molecule has 0 saturated carbocycles. The zero-order valence-electron chi connectivity index (χ0n) is 20.1. The molecule has 5 aromatic rings. The number of hydrogen-bond acceptors (Lipinski definition) is 7. The molecule has 0 atom stereocenters. The molecule has 0 bridgehead atoms. The molecule has 3 aromatic heterocycles. The fourth-order valence-electron chi connectivity index (χ4n) is 4.20. The first kappa shape index (κ1) is 23.5. The Morgan fingerprint density at radius 2 is 1.94 bits per heavy atom. The van der Waals surface area contributed by atoms with Crippen molar-refractivity contribution in [2.24, 2.45) is 0 Å². The van der Waals surface area contributed by atoms with Crippen molar-refractivity contribution < 1.29 is 9.15 Å². The van der Waals surface area contributed by atoms with Gasteiger partial charge in [0.2, 0.25) is 0 Å². The third-order valence-corrected chi connectivity index (χ3v) is 6.01. The van der Waals surface area contributed by atoms with Crippen LogP contribution in [-0.4, -0.2) is 43.2 Å². The fourth-order valence-corrected chi connectivity index (χ4v) is 4.20. The monoisotopic (exact) mass is 484 g/mol. The van der Waals surface area contributed by atoms with E-state index >= 15 is 0 Å². The quantitative estimate of drug-likeness (QED) is 0.304. The summed E-state index contributed by atoms with van der Waals surface area (Å²) < 4.78 is 12.8. The summed E-state index contributed by atoms with van der Waals surface area (Å²) in [6.45, 7) is 4.64. The van der Waals surface area contributed by atoms with E-state index in [1.165, 1.54) is 5.56 Å². The molecule has 184 valence electrons. The van der Waals surface area contributed by atoms with E-state index in [0.29, 0.717) is 37.6 Å². The van der Waals surface area contributed by atoms with Gasteiger partial charge in [-0.3, -0.25) is 9.69 Å². The molecule has 0 aliphatic carbocycles. The maximum absolute atomic E-state index is 13.0. The number of furan rings is 1. The number of aromatic nitrogens is 5. The van der Waals surface area contributed by atoms with Crippen LogP contribution in [0.15, 0.2) is 82.2 Å². The summed E-state index contributed by atoms with van der Waals surface area (Å²) in [6, 6.07) is 21.7. The van der Waals surface area contributed by atoms with E-state index in [4.69, 9.17) is 9.15 Å². The van der Waals surface area contributed by atoms with E-state index in [1.807, 2.05) is 61.5 Å². The van der Waals surface area contributed by atoms with Crippen LogP contribution < -0.4 is 10.3 Å². The highest BCUT2D eigenvalue weighted by atomic mass is 16.5.